The van der Waals surface area contributed by atoms with Gasteiger partial charge in [-0.2, -0.15) is 9.40 Å². The monoisotopic (exact) mass is 638 g/mol. The highest BCUT2D eigenvalue weighted by molar-refractivity contribution is 7.89. The van der Waals surface area contributed by atoms with Gasteiger partial charge in [0.1, 0.15) is 11.4 Å². The fourth-order valence-corrected chi connectivity index (χ4v) is 8.43. The molecule has 0 amide bonds. The predicted molar refractivity (Wildman–Crippen MR) is 172 cm³/mol. The molecule has 1 aliphatic carbocycles. The van der Waals surface area contributed by atoms with Crippen LogP contribution in [0.25, 0.3) is 22.0 Å². The molecule has 1 aliphatic heterocycles. The molecule has 4 aromatic rings. The first-order valence-corrected chi connectivity index (χ1v) is 17.4. The van der Waals surface area contributed by atoms with Gasteiger partial charge in [-0.05, 0) is 80.2 Å². The van der Waals surface area contributed by atoms with E-state index in [-0.39, 0.29) is 31.0 Å². The van der Waals surface area contributed by atoms with Crippen LogP contribution in [-0.4, -0.2) is 57.6 Å². The average Bonchev–Trinajstić information content (AvgIpc) is 3.47. The SMILES string of the molecule is CCc1c2c(nn1C)CN(C)S(=O)(=O)CCCn1c(C(=O)O)c(CCCOc3cccc4c3CCCC4)c3ccc(Cl)c-2c31. The predicted octanol–water partition coefficient (Wildman–Crippen LogP) is 6.01. The molecule has 2 aliphatic rings. The first kappa shape index (κ1) is 30.7. The number of halogens is 1. The minimum Gasteiger partial charge on any atom is -0.493 e. The van der Waals surface area contributed by atoms with Crippen LogP contribution in [0.1, 0.15) is 71.2 Å². The topological polar surface area (TPSA) is 107 Å². The Morgan fingerprint density at radius 2 is 1.89 bits per heavy atom. The smallest absolute Gasteiger partial charge is 0.352 e. The zero-order valence-electron chi connectivity index (χ0n) is 25.5. The number of rotatable bonds is 7. The Balaban J connectivity index is 1.46. The van der Waals surface area contributed by atoms with Crippen LogP contribution >= 0.6 is 11.6 Å². The summed E-state index contributed by atoms with van der Waals surface area (Å²) in [6, 6.07) is 9.97. The molecule has 1 N–H and O–H groups in total. The first-order chi connectivity index (χ1) is 21.1. The van der Waals surface area contributed by atoms with Gasteiger partial charge in [0, 0.05) is 42.8 Å². The molecular formula is C33H39ClN4O5S. The molecule has 2 aromatic heterocycles. The molecule has 0 saturated heterocycles. The van der Waals surface area contributed by atoms with E-state index in [1.54, 1.807) is 16.3 Å². The highest BCUT2D eigenvalue weighted by Crippen LogP contribution is 2.43. The van der Waals surface area contributed by atoms with Crippen LogP contribution in [0.5, 0.6) is 5.75 Å². The number of aromatic carboxylic acids is 1. The Bertz CT molecular complexity index is 1860. The van der Waals surface area contributed by atoms with Crippen molar-refractivity contribution in [2.75, 3.05) is 19.4 Å². The largest absolute Gasteiger partial charge is 0.493 e. The Morgan fingerprint density at radius 3 is 2.66 bits per heavy atom. The number of carboxylic acid groups (broad SMARTS) is 1. The lowest BCUT2D eigenvalue weighted by atomic mass is 9.91. The highest BCUT2D eigenvalue weighted by Gasteiger charge is 2.31. The summed E-state index contributed by atoms with van der Waals surface area (Å²) in [7, 11) is -0.192. The van der Waals surface area contributed by atoms with E-state index in [2.05, 4.69) is 6.07 Å². The normalized spacial score (nSPS) is 16.7. The molecule has 0 spiro atoms. The summed E-state index contributed by atoms with van der Waals surface area (Å²) in [5, 5.41) is 16.6. The van der Waals surface area contributed by atoms with E-state index in [0.717, 1.165) is 41.7 Å². The molecule has 44 heavy (non-hydrogen) atoms. The fraction of sp³-hybridized carbons (Fsp3) is 0.455. The van der Waals surface area contributed by atoms with Crippen molar-refractivity contribution in [3.8, 4) is 16.9 Å². The second kappa shape index (κ2) is 12.2. The van der Waals surface area contributed by atoms with Gasteiger partial charge in [0.25, 0.3) is 0 Å². The summed E-state index contributed by atoms with van der Waals surface area (Å²) in [5.74, 6) is -0.229. The standard InChI is InChI=1S/C33H39ClN4O5S/c1-4-27-30-26(35-37(27)3)20-36(2)44(41,42)19-9-17-38-31-24(15-16-25(34)29(30)31)23(32(38)33(39)40)13-8-18-43-28-14-7-11-21-10-5-6-12-22(21)28/h7,11,14-16H,4-6,8-10,12-13,17-20H2,1-3H3,(H,39,40). The molecule has 0 fully saturated rings. The van der Waals surface area contributed by atoms with Crippen molar-refractivity contribution in [3.05, 3.63) is 69.1 Å². The molecule has 11 heteroatoms. The van der Waals surface area contributed by atoms with Crippen molar-refractivity contribution in [1.82, 2.24) is 18.7 Å². The summed E-state index contributed by atoms with van der Waals surface area (Å²) < 4.78 is 37.6. The summed E-state index contributed by atoms with van der Waals surface area (Å²) in [4.78, 5) is 13.0. The van der Waals surface area contributed by atoms with Gasteiger partial charge >= 0.3 is 5.97 Å². The van der Waals surface area contributed by atoms with Crippen molar-refractivity contribution in [1.29, 1.82) is 0 Å². The van der Waals surface area contributed by atoms with Crippen molar-refractivity contribution in [2.24, 2.45) is 7.05 Å². The van der Waals surface area contributed by atoms with Crippen LogP contribution in [0.3, 0.4) is 0 Å². The van der Waals surface area contributed by atoms with Gasteiger partial charge in [0.2, 0.25) is 10.0 Å². The number of nitrogens with zero attached hydrogens (tertiary/aromatic N) is 4. The number of fused-ring (bicyclic) bond motifs is 3. The quantitative estimate of drug-likeness (QED) is 0.249. The summed E-state index contributed by atoms with van der Waals surface area (Å²) in [6.07, 6.45) is 6.48. The van der Waals surface area contributed by atoms with Gasteiger partial charge in [-0.25, -0.2) is 13.2 Å². The fourth-order valence-electron chi connectivity index (χ4n) is 7.06. The van der Waals surface area contributed by atoms with Crippen molar-refractivity contribution >= 4 is 38.5 Å². The number of carboxylic acids is 1. The van der Waals surface area contributed by atoms with Crippen LogP contribution in [0.4, 0.5) is 0 Å². The number of carbonyl (C=O) groups is 1. The number of aromatic nitrogens is 3. The number of hydrogen-bond donors (Lipinski definition) is 1. The summed E-state index contributed by atoms with van der Waals surface area (Å²) >= 11 is 6.97. The Labute approximate surface area is 263 Å². The minimum absolute atomic E-state index is 0.0953. The third-order valence-corrected chi connectivity index (χ3v) is 11.3. The van der Waals surface area contributed by atoms with E-state index in [0.29, 0.717) is 53.2 Å². The molecule has 0 unspecified atom stereocenters. The van der Waals surface area contributed by atoms with E-state index in [4.69, 9.17) is 21.4 Å². The maximum Gasteiger partial charge on any atom is 0.352 e. The van der Waals surface area contributed by atoms with Crippen LogP contribution < -0.4 is 4.74 Å². The molecule has 0 saturated carbocycles. The molecule has 0 atom stereocenters. The second-order valence-electron chi connectivity index (χ2n) is 11.8. The zero-order valence-corrected chi connectivity index (χ0v) is 27.1. The highest BCUT2D eigenvalue weighted by atomic mass is 35.5. The third-order valence-electron chi connectivity index (χ3n) is 9.12. The molecule has 9 nitrogen and oxygen atoms in total. The number of benzene rings is 2. The number of aryl methyl sites for hydroxylation is 4. The second-order valence-corrected chi connectivity index (χ2v) is 14.4. The molecular weight excluding hydrogens is 600 g/mol. The lowest BCUT2D eigenvalue weighted by Gasteiger charge is -2.19. The van der Waals surface area contributed by atoms with Crippen molar-refractivity contribution in [3.63, 3.8) is 0 Å². The summed E-state index contributed by atoms with van der Waals surface area (Å²) in [5.41, 5.74) is 7.24. The van der Waals surface area contributed by atoms with Gasteiger partial charge in [0.05, 0.1) is 35.1 Å². The average molecular weight is 639 g/mol. The first-order valence-electron chi connectivity index (χ1n) is 15.4. The summed E-state index contributed by atoms with van der Waals surface area (Å²) in [6.45, 7) is 2.80. The van der Waals surface area contributed by atoms with Crippen LogP contribution in [0.15, 0.2) is 30.3 Å². The van der Waals surface area contributed by atoms with Crippen molar-refractivity contribution < 1.29 is 23.1 Å². The Hall–Kier alpha value is -3.34. The maximum atomic E-state index is 13.2. The van der Waals surface area contributed by atoms with Crippen LogP contribution in [-0.2, 0) is 55.8 Å². The van der Waals surface area contributed by atoms with Crippen LogP contribution in [0.2, 0.25) is 5.02 Å². The maximum absolute atomic E-state index is 13.2. The van der Waals surface area contributed by atoms with Gasteiger partial charge in [0.15, 0.2) is 0 Å². The lowest BCUT2D eigenvalue weighted by Crippen LogP contribution is -2.29. The molecule has 0 bridgehead atoms. The molecule has 2 aromatic carbocycles. The molecule has 234 valence electrons. The molecule has 6 rings (SSSR count). The van der Waals surface area contributed by atoms with E-state index >= 15 is 0 Å². The Kier molecular flexibility index (Phi) is 8.52. The van der Waals surface area contributed by atoms with E-state index in [9.17, 15) is 18.3 Å². The van der Waals surface area contributed by atoms with Gasteiger partial charge in [-0.1, -0.05) is 36.7 Å². The molecule has 0 radical (unpaired) electrons. The van der Waals surface area contributed by atoms with E-state index in [1.807, 2.05) is 38.2 Å². The lowest BCUT2D eigenvalue weighted by molar-refractivity contribution is 0.0684. The van der Waals surface area contributed by atoms with Crippen molar-refractivity contribution in [2.45, 2.75) is 71.4 Å². The van der Waals surface area contributed by atoms with Gasteiger partial charge in [-0.3, -0.25) is 4.68 Å². The molecule has 3 heterocycles. The minimum atomic E-state index is -3.60. The number of ether oxygens (including phenoxy) is 1. The Morgan fingerprint density at radius 1 is 1.09 bits per heavy atom. The zero-order chi connectivity index (χ0) is 31.2. The van der Waals surface area contributed by atoms with E-state index in [1.165, 1.54) is 21.9 Å². The number of sulfonamides is 1. The van der Waals surface area contributed by atoms with Crippen LogP contribution in [0, 0.1) is 0 Å². The third kappa shape index (κ3) is 5.41. The van der Waals surface area contributed by atoms with E-state index < -0.39 is 16.0 Å². The van der Waals surface area contributed by atoms with Gasteiger partial charge < -0.3 is 14.4 Å². The number of hydrogen-bond acceptors (Lipinski definition) is 5. The van der Waals surface area contributed by atoms with Gasteiger partial charge in [-0.15, -0.1) is 0 Å².